The number of benzene rings is 4. The molecule has 0 nitrogen and oxygen atoms in total. The smallest absolute Gasteiger partial charge is 0.00970 e. The van der Waals surface area contributed by atoms with Crippen LogP contribution in [-0.4, -0.2) is 0 Å². The molecule has 108 valence electrons. The summed E-state index contributed by atoms with van der Waals surface area (Å²) in [6.45, 7) is 8.94. The Hall–Kier alpha value is -2.34. The van der Waals surface area contributed by atoms with Gasteiger partial charge in [0.1, 0.15) is 0 Å². The highest BCUT2D eigenvalue weighted by Crippen LogP contribution is 2.35. The Morgan fingerprint density at radius 3 is 1.95 bits per heavy atom. The van der Waals surface area contributed by atoms with Crippen molar-refractivity contribution in [2.75, 3.05) is 0 Å². The summed E-state index contributed by atoms with van der Waals surface area (Å²) >= 11 is 0. The number of hydrogen-bond donors (Lipinski definition) is 0. The van der Waals surface area contributed by atoms with Crippen molar-refractivity contribution in [3.63, 3.8) is 0 Å². The first-order chi connectivity index (χ1) is 10.6. The SMILES string of the molecule is Cc1cc2c(c(C)cc3cc4ccccc4cc32)c(C)c1C. The van der Waals surface area contributed by atoms with Crippen LogP contribution in [0.4, 0.5) is 0 Å². The summed E-state index contributed by atoms with van der Waals surface area (Å²) in [5.41, 5.74) is 5.58. The Balaban J connectivity index is 2.29. The third kappa shape index (κ3) is 1.77. The summed E-state index contributed by atoms with van der Waals surface area (Å²) in [7, 11) is 0. The molecule has 0 unspecified atom stereocenters. The van der Waals surface area contributed by atoms with Crippen molar-refractivity contribution < 1.29 is 0 Å². The monoisotopic (exact) mass is 284 g/mol. The quantitative estimate of drug-likeness (QED) is 0.259. The molecule has 0 fully saturated rings. The fourth-order valence-electron chi connectivity index (χ4n) is 3.72. The normalized spacial score (nSPS) is 11.6. The van der Waals surface area contributed by atoms with E-state index < -0.39 is 0 Å². The number of aryl methyl sites for hydroxylation is 3. The molecule has 0 radical (unpaired) electrons. The van der Waals surface area contributed by atoms with Gasteiger partial charge in [-0.15, -0.1) is 0 Å². The van der Waals surface area contributed by atoms with Gasteiger partial charge < -0.3 is 0 Å². The lowest BCUT2D eigenvalue weighted by Gasteiger charge is -2.15. The van der Waals surface area contributed by atoms with Crippen molar-refractivity contribution in [1.29, 1.82) is 0 Å². The Morgan fingerprint density at radius 2 is 1.23 bits per heavy atom. The van der Waals surface area contributed by atoms with Gasteiger partial charge in [-0.05, 0) is 94.4 Å². The molecule has 0 heteroatoms. The molecule has 4 aromatic rings. The fourth-order valence-corrected chi connectivity index (χ4v) is 3.72. The van der Waals surface area contributed by atoms with Crippen LogP contribution >= 0.6 is 0 Å². The van der Waals surface area contributed by atoms with E-state index in [1.54, 1.807) is 0 Å². The van der Waals surface area contributed by atoms with Crippen LogP contribution in [0.15, 0.2) is 48.5 Å². The molecule has 0 aliphatic carbocycles. The van der Waals surface area contributed by atoms with Crippen molar-refractivity contribution in [3.05, 3.63) is 70.8 Å². The molecule has 0 atom stereocenters. The second kappa shape index (κ2) is 4.58. The van der Waals surface area contributed by atoms with E-state index in [1.807, 2.05) is 0 Å². The summed E-state index contributed by atoms with van der Waals surface area (Å²) in [4.78, 5) is 0. The average molecular weight is 284 g/mol. The van der Waals surface area contributed by atoms with Gasteiger partial charge in [-0.2, -0.15) is 0 Å². The predicted octanol–water partition coefficient (Wildman–Crippen LogP) is 6.38. The molecule has 4 rings (SSSR count). The zero-order chi connectivity index (χ0) is 15.4. The lowest BCUT2D eigenvalue weighted by atomic mass is 9.89. The summed E-state index contributed by atoms with van der Waals surface area (Å²) < 4.78 is 0. The summed E-state index contributed by atoms with van der Waals surface area (Å²) in [6.07, 6.45) is 0. The third-order valence-corrected chi connectivity index (χ3v) is 5.13. The highest BCUT2D eigenvalue weighted by molar-refractivity contribution is 6.14. The van der Waals surface area contributed by atoms with E-state index in [1.165, 1.54) is 54.6 Å². The minimum atomic E-state index is 1.31. The van der Waals surface area contributed by atoms with E-state index in [-0.39, 0.29) is 0 Å². The van der Waals surface area contributed by atoms with Crippen LogP contribution in [-0.2, 0) is 0 Å². The van der Waals surface area contributed by atoms with Gasteiger partial charge in [-0.1, -0.05) is 36.4 Å². The Bertz CT molecular complexity index is 1050. The Morgan fingerprint density at radius 1 is 0.545 bits per heavy atom. The molecule has 0 N–H and O–H groups in total. The van der Waals surface area contributed by atoms with Crippen LogP contribution in [0.5, 0.6) is 0 Å². The number of fused-ring (bicyclic) bond motifs is 4. The van der Waals surface area contributed by atoms with Gasteiger partial charge in [0, 0.05) is 0 Å². The predicted molar refractivity (Wildman–Crippen MR) is 97.9 cm³/mol. The first-order valence-corrected chi connectivity index (χ1v) is 7.89. The molecule has 0 aliphatic heterocycles. The molecule has 0 saturated carbocycles. The van der Waals surface area contributed by atoms with Crippen LogP contribution < -0.4 is 0 Å². The zero-order valence-corrected chi connectivity index (χ0v) is 13.6. The van der Waals surface area contributed by atoms with Gasteiger partial charge in [0.15, 0.2) is 0 Å². The lowest BCUT2D eigenvalue weighted by molar-refractivity contribution is 1.29. The molecule has 22 heavy (non-hydrogen) atoms. The molecule has 0 aromatic heterocycles. The first kappa shape index (κ1) is 13.3. The van der Waals surface area contributed by atoms with Gasteiger partial charge in [-0.25, -0.2) is 0 Å². The maximum absolute atomic E-state index is 2.36. The largest absolute Gasteiger partial charge is 0.0616 e. The van der Waals surface area contributed by atoms with Gasteiger partial charge in [-0.3, -0.25) is 0 Å². The number of rotatable bonds is 0. The van der Waals surface area contributed by atoms with Crippen molar-refractivity contribution in [3.8, 4) is 0 Å². The summed E-state index contributed by atoms with van der Waals surface area (Å²) in [5, 5.41) is 8.15. The van der Waals surface area contributed by atoms with E-state index in [2.05, 4.69) is 76.2 Å². The summed E-state index contributed by atoms with van der Waals surface area (Å²) in [6, 6.07) is 18.0. The minimum Gasteiger partial charge on any atom is -0.0616 e. The summed E-state index contributed by atoms with van der Waals surface area (Å²) in [5.74, 6) is 0. The van der Waals surface area contributed by atoms with Gasteiger partial charge in [0.05, 0.1) is 0 Å². The van der Waals surface area contributed by atoms with Crippen LogP contribution in [0.1, 0.15) is 22.3 Å². The van der Waals surface area contributed by atoms with E-state index >= 15 is 0 Å². The van der Waals surface area contributed by atoms with Gasteiger partial charge in [0.25, 0.3) is 0 Å². The standard InChI is InChI=1S/C22H20/c1-13-10-21-20-12-18-8-6-5-7-17(18)11-19(20)9-14(2)22(21)16(4)15(13)3/h5-12H,1-4H3. The Labute approximate surface area is 131 Å². The molecule has 0 aliphatic rings. The molecule has 4 aromatic carbocycles. The molecule has 0 bridgehead atoms. The fraction of sp³-hybridized carbons (Fsp3) is 0.182. The van der Waals surface area contributed by atoms with Crippen molar-refractivity contribution >= 4 is 32.3 Å². The highest BCUT2D eigenvalue weighted by Gasteiger charge is 2.11. The van der Waals surface area contributed by atoms with Crippen LogP contribution in [0.3, 0.4) is 0 Å². The van der Waals surface area contributed by atoms with Gasteiger partial charge >= 0.3 is 0 Å². The second-order valence-electron chi connectivity index (χ2n) is 6.48. The highest BCUT2D eigenvalue weighted by atomic mass is 14.1. The van der Waals surface area contributed by atoms with E-state index in [0.29, 0.717) is 0 Å². The molecule has 0 saturated heterocycles. The maximum atomic E-state index is 2.36. The van der Waals surface area contributed by atoms with E-state index in [9.17, 15) is 0 Å². The Kier molecular flexibility index (Phi) is 2.77. The van der Waals surface area contributed by atoms with E-state index in [4.69, 9.17) is 0 Å². The second-order valence-corrected chi connectivity index (χ2v) is 6.48. The van der Waals surface area contributed by atoms with Crippen molar-refractivity contribution in [2.24, 2.45) is 0 Å². The van der Waals surface area contributed by atoms with Crippen LogP contribution in [0, 0.1) is 27.7 Å². The first-order valence-electron chi connectivity index (χ1n) is 7.89. The number of hydrogen-bond acceptors (Lipinski definition) is 0. The van der Waals surface area contributed by atoms with Crippen LogP contribution in [0.2, 0.25) is 0 Å². The van der Waals surface area contributed by atoms with Crippen molar-refractivity contribution in [2.45, 2.75) is 27.7 Å². The zero-order valence-electron chi connectivity index (χ0n) is 13.6. The minimum absolute atomic E-state index is 1.31. The van der Waals surface area contributed by atoms with Gasteiger partial charge in [0.2, 0.25) is 0 Å². The van der Waals surface area contributed by atoms with Crippen LogP contribution in [0.25, 0.3) is 32.3 Å². The molecular weight excluding hydrogens is 264 g/mol. The average Bonchev–Trinajstić information content (AvgIpc) is 2.51. The van der Waals surface area contributed by atoms with Crippen molar-refractivity contribution in [1.82, 2.24) is 0 Å². The molecular formula is C22H20. The maximum Gasteiger partial charge on any atom is -0.00970 e. The topological polar surface area (TPSA) is 0 Å². The third-order valence-electron chi connectivity index (χ3n) is 5.13. The molecule has 0 spiro atoms. The molecule has 0 heterocycles. The van der Waals surface area contributed by atoms with E-state index in [0.717, 1.165) is 0 Å². The lowest BCUT2D eigenvalue weighted by Crippen LogP contribution is -1.92. The molecule has 0 amide bonds.